The molecule has 2 N–H and O–H groups in total. The average molecular weight is 294 g/mol. The first kappa shape index (κ1) is 16.8. The van der Waals surface area contributed by atoms with Gasteiger partial charge in [0.1, 0.15) is 0 Å². The summed E-state index contributed by atoms with van der Waals surface area (Å²) >= 11 is 0. The molecule has 0 radical (unpaired) electrons. The van der Waals surface area contributed by atoms with E-state index in [-0.39, 0.29) is 0 Å². The second kappa shape index (κ2) is 8.14. The highest BCUT2D eigenvalue weighted by molar-refractivity contribution is 5.97. The highest BCUT2D eigenvalue weighted by Crippen LogP contribution is 2.22. The highest BCUT2D eigenvalue weighted by atomic mass is 16.6. The number of anilines is 2. The Hall–Kier alpha value is -2.24. The van der Waals surface area contributed by atoms with Gasteiger partial charge in [0.15, 0.2) is 6.61 Å². The summed E-state index contributed by atoms with van der Waals surface area (Å²) in [6.45, 7) is 1.94. The zero-order valence-electron chi connectivity index (χ0n) is 12.7. The van der Waals surface area contributed by atoms with Crippen LogP contribution in [0.2, 0.25) is 0 Å². The van der Waals surface area contributed by atoms with E-state index in [4.69, 9.17) is 15.2 Å². The lowest BCUT2D eigenvalue weighted by Gasteiger charge is -2.17. The summed E-state index contributed by atoms with van der Waals surface area (Å²) in [6.07, 6.45) is 1.72. The standard InChI is InChI=1S/C15H22N2O4/c1-4-5-8-20-14(18)10-21-15(19)12-9-11(16)6-7-13(12)17(2)3/h6-7,9H,4-5,8,10,16H2,1-3H3. The Balaban J connectivity index is 2.63. The zero-order chi connectivity index (χ0) is 15.8. The Morgan fingerprint density at radius 2 is 1.95 bits per heavy atom. The maximum Gasteiger partial charge on any atom is 0.344 e. The van der Waals surface area contributed by atoms with E-state index in [2.05, 4.69) is 0 Å². The van der Waals surface area contributed by atoms with Crippen molar-refractivity contribution in [1.29, 1.82) is 0 Å². The fraction of sp³-hybridized carbons (Fsp3) is 0.467. The van der Waals surface area contributed by atoms with Crippen molar-refractivity contribution >= 4 is 23.3 Å². The summed E-state index contributed by atoms with van der Waals surface area (Å²) < 4.78 is 9.89. The molecule has 1 aromatic carbocycles. The summed E-state index contributed by atoms with van der Waals surface area (Å²) in [4.78, 5) is 25.2. The number of unbranched alkanes of at least 4 members (excludes halogenated alkanes) is 1. The van der Waals surface area contributed by atoms with Crippen molar-refractivity contribution in [2.75, 3.05) is 37.9 Å². The van der Waals surface area contributed by atoms with Crippen molar-refractivity contribution in [2.45, 2.75) is 19.8 Å². The topological polar surface area (TPSA) is 81.9 Å². The first-order chi connectivity index (χ1) is 9.95. The number of nitrogens with two attached hydrogens (primary N) is 1. The van der Waals surface area contributed by atoms with Crippen molar-refractivity contribution in [3.8, 4) is 0 Å². The molecule has 1 rings (SSSR count). The van der Waals surface area contributed by atoms with Gasteiger partial charge in [-0.15, -0.1) is 0 Å². The van der Waals surface area contributed by atoms with Crippen molar-refractivity contribution in [3.63, 3.8) is 0 Å². The molecule has 6 heteroatoms. The number of hydrogen-bond acceptors (Lipinski definition) is 6. The first-order valence-electron chi connectivity index (χ1n) is 6.85. The molecule has 0 saturated carbocycles. The molecule has 6 nitrogen and oxygen atoms in total. The molecule has 0 bridgehead atoms. The van der Waals surface area contributed by atoms with Gasteiger partial charge >= 0.3 is 11.9 Å². The van der Waals surface area contributed by atoms with Gasteiger partial charge in [-0.3, -0.25) is 0 Å². The van der Waals surface area contributed by atoms with Crippen LogP contribution in [-0.2, 0) is 14.3 Å². The molecule has 0 spiro atoms. The maximum atomic E-state index is 12.0. The molecule has 0 amide bonds. The second-order valence-corrected chi connectivity index (χ2v) is 4.82. The van der Waals surface area contributed by atoms with Gasteiger partial charge in [0.2, 0.25) is 0 Å². The van der Waals surface area contributed by atoms with Gasteiger partial charge in [0.05, 0.1) is 17.9 Å². The third kappa shape index (κ3) is 5.33. The van der Waals surface area contributed by atoms with E-state index in [0.29, 0.717) is 23.5 Å². The van der Waals surface area contributed by atoms with Crippen LogP contribution in [0.15, 0.2) is 18.2 Å². The van der Waals surface area contributed by atoms with Crippen LogP contribution in [-0.4, -0.2) is 39.2 Å². The molecule has 0 aliphatic carbocycles. The predicted octanol–water partition coefficient (Wildman–Crippen LogP) is 1.83. The Labute approximate surface area is 124 Å². The van der Waals surface area contributed by atoms with E-state index in [1.165, 1.54) is 6.07 Å². The number of nitrogen functional groups attached to an aromatic ring is 1. The van der Waals surface area contributed by atoms with E-state index in [9.17, 15) is 9.59 Å². The van der Waals surface area contributed by atoms with Gasteiger partial charge in [0.25, 0.3) is 0 Å². The monoisotopic (exact) mass is 294 g/mol. The number of rotatable bonds is 7. The summed E-state index contributed by atoms with van der Waals surface area (Å²) in [5.74, 6) is -1.15. The van der Waals surface area contributed by atoms with Crippen molar-refractivity contribution in [3.05, 3.63) is 23.8 Å². The fourth-order valence-electron chi connectivity index (χ4n) is 1.68. The molecular formula is C15H22N2O4. The largest absolute Gasteiger partial charge is 0.463 e. The number of benzene rings is 1. The molecule has 0 aromatic heterocycles. The fourth-order valence-corrected chi connectivity index (χ4v) is 1.68. The molecule has 21 heavy (non-hydrogen) atoms. The molecule has 1 aromatic rings. The molecule has 0 atom stereocenters. The summed E-state index contributed by atoms with van der Waals surface area (Å²) in [7, 11) is 3.61. The van der Waals surface area contributed by atoms with Crippen LogP contribution in [0.3, 0.4) is 0 Å². The Kier molecular flexibility index (Phi) is 6.52. The minimum atomic E-state index is -0.599. The van der Waals surface area contributed by atoms with E-state index in [1.807, 2.05) is 6.92 Å². The Morgan fingerprint density at radius 3 is 2.57 bits per heavy atom. The van der Waals surface area contributed by atoms with Gasteiger partial charge in [-0.2, -0.15) is 0 Å². The summed E-state index contributed by atoms with van der Waals surface area (Å²) in [5.41, 5.74) is 7.14. The normalized spacial score (nSPS) is 10.0. The van der Waals surface area contributed by atoms with E-state index in [0.717, 1.165) is 12.8 Å². The predicted molar refractivity (Wildman–Crippen MR) is 81.3 cm³/mol. The van der Waals surface area contributed by atoms with Gasteiger partial charge in [0, 0.05) is 19.8 Å². The first-order valence-corrected chi connectivity index (χ1v) is 6.85. The van der Waals surface area contributed by atoms with Gasteiger partial charge in [-0.05, 0) is 24.6 Å². The van der Waals surface area contributed by atoms with Crippen molar-refractivity contribution < 1.29 is 19.1 Å². The van der Waals surface area contributed by atoms with Crippen LogP contribution in [0.5, 0.6) is 0 Å². The highest BCUT2D eigenvalue weighted by Gasteiger charge is 2.16. The van der Waals surface area contributed by atoms with Crippen LogP contribution in [0.1, 0.15) is 30.1 Å². The third-order valence-electron chi connectivity index (χ3n) is 2.80. The van der Waals surface area contributed by atoms with E-state index in [1.54, 1.807) is 31.1 Å². The molecular weight excluding hydrogens is 272 g/mol. The summed E-state index contributed by atoms with van der Waals surface area (Å²) in [5, 5.41) is 0. The number of esters is 2. The second-order valence-electron chi connectivity index (χ2n) is 4.82. The lowest BCUT2D eigenvalue weighted by atomic mass is 10.1. The van der Waals surface area contributed by atoms with Gasteiger partial charge in [-0.25, -0.2) is 9.59 Å². The van der Waals surface area contributed by atoms with Crippen molar-refractivity contribution in [1.82, 2.24) is 0 Å². The van der Waals surface area contributed by atoms with Crippen LogP contribution >= 0.6 is 0 Å². The SMILES string of the molecule is CCCCOC(=O)COC(=O)c1cc(N)ccc1N(C)C. The molecule has 0 unspecified atom stereocenters. The molecule has 0 aliphatic rings. The number of carbonyl (C=O) groups is 2. The van der Waals surface area contributed by atoms with Crippen LogP contribution in [0.25, 0.3) is 0 Å². The maximum absolute atomic E-state index is 12.0. The lowest BCUT2D eigenvalue weighted by molar-refractivity contribution is -0.147. The van der Waals surface area contributed by atoms with Crippen LogP contribution in [0.4, 0.5) is 11.4 Å². The molecule has 0 heterocycles. The molecule has 0 aliphatic heterocycles. The van der Waals surface area contributed by atoms with E-state index >= 15 is 0 Å². The Bertz CT molecular complexity index is 500. The molecule has 116 valence electrons. The number of ether oxygens (including phenoxy) is 2. The summed E-state index contributed by atoms with van der Waals surface area (Å²) in [6, 6.07) is 4.96. The zero-order valence-corrected chi connectivity index (χ0v) is 12.7. The molecule has 0 saturated heterocycles. The lowest BCUT2D eigenvalue weighted by Crippen LogP contribution is -2.20. The van der Waals surface area contributed by atoms with Crippen molar-refractivity contribution in [2.24, 2.45) is 0 Å². The van der Waals surface area contributed by atoms with Crippen LogP contribution < -0.4 is 10.6 Å². The van der Waals surface area contributed by atoms with E-state index < -0.39 is 18.5 Å². The molecule has 0 fully saturated rings. The smallest absolute Gasteiger partial charge is 0.344 e. The number of nitrogens with zero attached hydrogens (tertiary/aromatic N) is 1. The average Bonchev–Trinajstić information content (AvgIpc) is 2.44. The quantitative estimate of drug-likeness (QED) is 0.469. The van der Waals surface area contributed by atoms with Gasteiger partial charge < -0.3 is 20.1 Å². The minimum absolute atomic E-state index is 0.321. The minimum Gasteiger partial charge on any atom is -0.463 e. The number of hydrogen-bond donors (Lipinski definition) is 1. The third-order valence-corrected chi connectivity index (χ3v) is 2.80. The van der Waals surface area contributed by atoms with Gasteiger partial charge in [-0.1, -0.05) is 13.3 Å². The Morgan fingerprint density at radius 1 is 1.24 bits per heavy atom. The number of carbonyl (C=O) groups excluding carboxylic acids is 2. The van der Waals surface area contributed by atoms with Crippen LogP contribution in [0, 0.1) is 0 Å².